The fourth-order valence-corrected chi connectivity index (χ4v) is 3.55. The Balaban J connectivity index is 1.74. The van der Waals surface area contributed by atoms with E-state index in [1.807, 2.05) is 37.3 Å². The summed E-state index contributed by atoms with van der Waals surface area (Å²) in [5.74, 6) is -0.396. The summed E-state index contributed by atoms with van der Waals surface area (Å²) in [4.78, 5) is 31.5. The minimum atomic E-state index is -0.201. The van der Waals surface area contributed by atoms with Gasteiger partial charge in [0.15, 0.2) is 0 Å². The van der Waals surface area contributed by atoms with E-state index in [0.29, 0.717) is 12.2 Å². The van der Waals surface area contributed by atoms with Crippen molar-refractivity contribution < 1.29 is 9.59 Å². The van der Waals surface area contributed by atoms with E-state index in [2.05, 4.69) is 10.3 Å². The molecule has 2 amide bonds. The molecule has 1 aliphatic rings. The average Bonchev–Trinajstić information content (AvgIpc) is 2.98. The number of carbonyl (C=O) groups is 2. The van der Waals surface area contributed by atoms with Crippen molar-refractivity contribution >= 4 is 17.5 Å². The number of nitrogens with zero attached hydrogens (tertiary/aromatic N) is 2. The van der Waals surface area contributed by atoms with Crippen molar-refractivity contribution in [3.8, 4) is 0 Å². The summed E-state index contributed by atoms with van der Waals surface area (Å²) in [5.41, 5.74) is 1.41. The van der Waals surface area contributed by atoms with Crippen LogP contribution in [0.1, 0.15) is 66.4 Å². The van der Waals surface area contributed by atoms with Crippen molar-refractivity contribution in [1.29, 1.82) is 0 Å². The number of benzene rings is 1. The van der Waals surface area contributed by atoms with Gasteiger partial charge in [0.05, 0.1) is 0 Å². The zero-order chi connectivity index (χ0) is 19.1. The molecule has 0 spiro atoms. The summed E-state index contributed by atoms with van der Waals surface area (Å²) >= 11 is 0. The predicted molar refractivity (Wildman–Crippen MR) is 107 cm³/mol. The first-order valence-electron chi connectivity index (χ1n) is 9.84. The molecule has 1 heterocycles. The van der Waals surface area contributed by atoms with Crippen molar-refractivity contribution in [2.24, 2.45) is 0 Å². The second kappa shape index (κ2) is 9.31. The molecule has 27 heavy (non-hydrogen) atoms. The van der Waals surface area contributed by atoms with E-state index >= 15 is 0 Å². The molecule has 0 bridgehead atoms. The Hall–Kier alpha value is -2.69. The Morgan fingerprint density at radius 3 is 2.30 bits per heavy atom. The van der Waals surface area contributed by atoms with Crippen LogP contribution in [0.2, 0.25) is 0 Å². The maximum Gasteiger partial charge on any atom is 0.276 e. The molecule has 5 nitrogen and oxygen atoms in total. The number of pyridine rings is 1. The Morgan fingerprint density at radius 2 is 1.63 bits per heavy atom. The second-order valence-electron chi connectivity index (χ2n) is 6.95. The Morgan fingerprint density at radius 1 is 0.963 bits per heavy atom. The molecule has 2 aromatic rings. The third-order valence-electron chi connectivity index (χ3n) is 5.02. The number of hydrogen-bond donors (Lipinski definition) is 1. The van der Waals surface area contributed by atoms with Crippen LogP contribution in [0.5, 0.6) is 0 Å². The fraction of sp³-hybridized carbons (Fsp3) is 0.409. The lowest BCUT2D eigenvalue weighted by Gasteiger charge is -2.21. The highest BCUT2D eigenvalue weighted by molar-refractivity contribution is 6.05. The van der Waals surface area contributed by atoms with Gasteiger partial charge in [-0.1, -0.05) is 49.9 Å². The fourth-order valence-electron chi connectivity index (χ4n) is 3.55. The van der Waals surface area contributed by atoms with Gasteiger partial charge in [-0.15, -0.1) is 0 Å². The van der Waals surface area contributed by atoms with E-state index in [0.717, 1.165) is 31.4 Å². The third kappa shape index (κ3) is 4.94. The summed E-state index contributed by atoms with van der Waals surface area (Å²) in [5, 5.41) is 3.09. The van der Waals surface area contributed by atoms with Gasteiger partial charge in [0.2, 0.25) is 0 Å². The van der Waals surface area contributed by atoms with Crippen LogP contribution in [0, 0.1) is 0 Å². The summed E-state index contributed by atoms with van der Waals surface area (Å²) in [6.45, 7) is 2.45. The second-order valence-corrected chi connectivity index (χ2v) is 6.95. The molecule has 142 valence electrons. The van der Waals surface area contributed by atoms with Crippen molar-refractivity contribution in [3.63, 3.8) is 0 Å². The number of hydrogen-bond acceptors (Lipinski definition) is 3. The topological polar surface area (TPSA) is 62.3 Å². The van der Waals surface area contributed by atoms with E-state index in [9.17, 15) is 9.59 Å². The quantitative estimate of drug-likeness (QED) is 0.808. The summed E-state index contributed by atoms with van der Waals surface area (Å²) < 4.78 is 0. The van der Waals surface area contributed by atoms with Gasteiger partial charge in [0.1, 0.15) is 11.4 Å². The minimum Gasteiger partial charge on any atom is -0.348 e. The van der Waals surface area contributed by atoms with Crippen LogP contribution in [0.15, 0.2) is 48.5 Å². The first-order valence-corrected chi connectivity index (χ1v) is 9.84. The number of carbonyl (C=O) groups excluding carboxylic acids is 2. The number of para-hydroxylation sites is 1. The maximum absolute atomic E-state index is 12.9. The zero-order valence-electron chi connectivity index (χ0n) is 15.9. The third-order valence-corrected chi connectivity index (χ3v) is 5.02. The van der Waals surface area contributed by atoms with Gasteiger partial charge < -0.3 is 10.2 Å². The van der Waals surface area contributed by atoms with Crippen LogP contribution in [0.25, 0.3) is 0 Å². The molecule has 1 saturated carbocycles. The zero-order valence-corrected chi connectivity index (χ0v) is 15.9. The van der Waals surface area contributed by atoms with Gasteiger partial charge >= 0.3 is 0 Å². The lowest BCUT2D eigenvalue weighted by atomic mass is 10.1. The average molecular weight is 365 g/mol. The van der Waals surface area contributed by atoms with E-state index in [-0.39, 0.29) is 23.6 Å². The van der Waals surface area contributed by atoms with Crippen LogP contribution in [0.3, 0.4) is 0 Å². The maximum atomic E-state index is 12.9. The number of anilines is 1. The Labute approximate surface area is 160 Å². The Kier molecular flexibility index (Phi) is 6.58. The van der Waals surface area contributed by atoms with Gasteiger partial charge in [-0.05, 0) is 44.0 Å². The molecule has 1 fully saturated rings. The monoisotopic (exact) mass is 365 g/mol. The van der Waals surface area contributed by atoms with Gasteiger partial charge in [-0.3, -0.25) is 9.59 Å². The van der Waals surface area contributed by atoms with Crippen molar-refractivity contribution in [2.45, 2.75) is 51.5 Å². The van der Waals surface area contributed by atoms with Crippen LogP contribution >= 0.6 is 0 Å². The molecule has 1 aromatic carbocycles. The first kappa shape index (κ1) is 19.1. The van der Waals surface area contributed by atoms with Gasteiger partial charge in [0.25, 0.3) is 11.8 Å². The van der Waals surface area contributed by atoms with Crippen LogP contribution in [-0.2, 0) is 0 Å². The van der Waals surface area contributed by atoms with Crippen molar-refractivity contribution in [3.05, 3.63) is 59.9 Å². The highest BCUT2D eigenvalue weighted by atomic mass is 16.2. The highest BCUT2D eigenvalue weighted by Gasteiger charge is 2.20. The smallest absolute Gasteiger partial charge is 0.276 e. The molecule has 0 saturated heterocycles. The molecule has 0 unspecified atom stereocenters. The van der Waals surface area contributed by atoms with Gasteiger partial charge in [0, 0.05) is 18.3 Å². The lowest BCUT2D eigenvalue weighted by Crippen LogP contribution is -2.36. The lowest BCUT2D eigenvalue weighted by molar-refractivity contribution is 0.0928. The van der Waals surface area contributed by atoms with E-state index in [1.54, 1.807) is 23.1 Å². The number of amides is 2. The molecule has 3 rings (SSSR count). The van der Waals surface area contributed by atoms with E-state index < -0.39 is 0 Å². The van der Waals surface area contributed by atoms with Gasteiger partial charge in [-0.2, -0.15) is 0 Å². The van der Waals surface area contributed by atoms with Crippen LogP contribution in [-0.4, -0.2) is 29.4 Å². The van der Waals surface area contributed by atoms with Gasteiger partial charge in [-0.25, -0.2) is 4.98 Å². The van der Waals surface area contributed by atoms with E-state index in [4.69, 9.17) is 0 Å². The predicted octanol–water partition coefficient (Wildman–Crippen LogP) is 4.20. The molecular formula is C22H27N3O2. The summed E-state index contributed by atoms with van der Waals surface area (Å²) in [7, 11) is 0. The summed E-state index contributed by atoms with van der Waals surface area (Å²) in [6.07, 6.45) is 6.81. The van der Waals surface area contributed by atoms with E-state index in [1.165, 1.54) is 12.8 Å². The molecule has 1 N–H and O–H groups in total. The molecule has 0 atom stereocenters. The van der Waals surface area contributed by atoms with Crippen molar-refractivity contribution in [2.75, 3.05) is 11.4 Å². The first-order chi connectivity index (χ1) is 13.2. The number of aromatic nitrogens is 1. The highest BCUT2D eigenvalue weighted by Crippen LogP contribution is 2.18. The molecule has 1 aliphatic carbocycles. The number of nitrogens with one attached hydrogen (secondary N) is 1. The normalized spacial score (nSPS) is 15.0. The minimum absolute atomic E-state index is 0.195. The molecule has 0 aliphatic heterocycles. The molecule has 1 aromatic heterocycles. The Bertz CT molecular complexity index is 768. The van der Waals surface area contributed by atoms with Crippen LogP contribution in [0.4, 0.5) is 5.69 Å². The summed E-state index contributed by atoms with van der Waals surface area (Å²) in [6, 6.07) is 14.8. The molecule has 0 radical (unpaired) electrons. The largest absolute Gasteiger partial charge is 0.348 e. The number of rotatable bonds is 5. The molecule has 5 heteroatoms. The van der Waals surface area contributed by atoms with Crippen LogP contribution < -0.4 is 10.2 Å². The SMILES string of the molecule is CCN(C(=O)c1cccc(C(=O)NC2CCCCCC2)n1)c1ccccc1. The molecular weight excluding hydrogens is 338 g/mol. The standard InChI is InChI=1S/C22H27N3O2/c1-2-25(18-13-8-5-9-14-18)22(27)20-16-10-15-19(24-20)21(26)23-17-11-6-3-4-7-12-17/h5,8-10,13-17H,2-4,6-7,11-12H2,1H3,(H,23,26). The van der Waals surface area contributed by atoms with Crippen molar-refractivity contribution in [1.82, 2.24) is 10.3 Å².